The molecule has 2 heterocycles. The van der Waals surface area contributed by atoms with Crippen molar-refractivity contribution in [3.63, 3.8) is 0 Å². The second kappa shape index (κ2) is 2.21. The van der Waals surface area contributed by atoms with Crippen LogP contribution in [0.15, 0.2) is 0 Å². The van der Waals surface area contributed by atoms with Gasteiger partial charge in [-0.25, -0.2) is 0 Å². The average Bonchev–Trinajstić information content (AvgIpc) is 1.92. The van der Waals surface area contributed by atoms with Gasteiger partial charge in [0.2, 0.25) is 5.91 Å². The van der Waals surface area contributed by atoms with E-state index in [-0.39, 0.29) is 11.3 Å². The van der Waals surface area contributed by atoms with Crippen molar-refractivity contribution in [3.05, 3.63) is 0 Å². The molecule has 0 bridgehead atoms. The Morgan fingerprint density at radius 1 is 1.55 bits per heavy atom. The molecule has 2 rings (SSSR count). The van der Waals surface area contributed by atoms with Gasteiger partial charge < -0.3 is 9.64 Å². The van der Waals surface area contributed by atoms with Gasteiger partial charge in [0.15, 0.2) is 0 Å². The van der Waals surface area contributed by atoms with Crippen molar-refractivity contribution in [2.45, 2.75) is 12.8 Å². The first-order valence-corrected chi connectivity index (χ1v) is 4.04. The number of hydrogen-bond acceptors (Lipinski definition) is 2. The van der Waals surface area contributed by atoms with Crippen LogP contribution >= 0.6 is 0 Å². The molecule has 0 aromatic rings. The summed E-state index contributed by atoms with van der Waals surface area (Å²) in [6, 6.07) is 0. The van der Waals surface area contributed by atoms with Crippen molar-refractivity contribution >= 4 is 5.91 Å². The molecule has 0 aromatic heterocycles. The maximum atomic E-state index is 11.3. The number of likely N-dealkylation sites (tertiary alicyclic amines) is 1. The Hall–Kier alpha value is -0.570. The fourth-order valence-corrected chi connectivity index (χ4v) is 1.71. The van der Waals surface area contributed by atoms with E-state index in [0.29, 0.717) is 6.42 Å². The topological polar surface area (TPSA) is 29.5 Å². The summed E-state index contributed by atoms with van der Waals surface area (Å²) in [6.45, 7) is 2.50. The van der Waals surface area contributed by atoms with Gasteiger partial charge >= 0.3 is 0 Å². The lowest BCUT2D eigenvalue weighted by molar-refractivity contribution is -0.163. The zero-order chi connectivity index (χ0) is 7.90. The highest BCUT2D eigenvalue weighted by Crippen LogP contribution is 2.38. The summed E-state index contributed by atoms with van der Waals surface area (Å²) in [5.41, 5.74) is 0.240. The van der Waals surface area contributed by atoms with Gasteiger partial charge in [0, 0.05) is 25.4 Å². The van der Waals surface area contributed by atoms with Gasteiger partial charge in [-0.2, -0.15) is 0 Å². The van der Waals surface area contributed by atoms with Crippen molar-refractivity contribution < 1.29 is 9.53 Å². The van der Waals surface area contributed by atoms with Crippen LogP contribution in [0.4, 0.5) is 0 Å². The van der Waals surface area contributed by atoms with E-state index in [2.05, 4.69) is 0 Å². The lowest BCUT2D eigenvalue weighted by Gasteiger charge is -2.45. The van der Waals surface area contributed by atoms with E-state index in [1.165, 1.54) is 0 Å². The molecular formula is C8H13NO2. The molecule has 3 nitrogen and oxygen atoms in total. The molecule has 0 radical (unpaired) electrons. The molecule has 0 atom stereocenters. The first-order chi connectivity index (χ1) is 5.22. The summed E-state index contributed by atoms with van der Waals surface area (Å²) in [7, 11) is 1.87. The van der Waals surface area contributed by atoms with E-state index in [1.54, 1.807) is 0 Å². The minimum absolute atomic E-state index is 0.240. The first kappa shape index (κ1) is 7.10. The zero-order valence-corrected chi connectivity index (χ0v) is 6.80. The van der Waals surface area contributed by atoms with Crippen molar-refractivity contribution in [2.75, 3.05) is 26.8 Å². The Bertz CT molecular complexity index is 187. The van der Waals surface area contributed by atoms with Gasteiger partial charge in [0.1, 0.15) is 0 Å². The number of piperidine rings is 1. The van der Waals surface area contributed by atoms with E-state index >= 15 is 0 Å². The van der Waals surface area contributed by atoms with Crippen LogP contribution in [0, 0.1) is 5.41 Å². The minimum Gasteiger partial charge on any atom is -0.380 e. The van der Waals surface area contributed by atoms with E-state index < -0.39 is 0 Å². The van der Waals surface area contributed by atoms with E-state index in [0.717, 1.165) is 26.2 Å². The van der Waals surface area contributed by atoms with Crippen LogP contribution in [0.25, 0.3) is 0 Å². The highest BCUT2D eigenvalue weighted by molar-refractivity contribution is 5.77. The smallest absolute Gasteiger partial charge is 0.223 e. The van der Waals surface area contributed by atoms with Crippen molar-refractivity contribution in [1.29, 1.82) is 0 Å². The third kappa shape index (κ3) is 1.03. The van der Waals surface area contributed by atoms with Crippen LogP contribution in [0.2, 0.25) is 0 Å². The molecule has 11 heavy (non-hydrogen) atoms. The van der Waals surface area contributed by atoms with Gasteiger partial charge in [-0.15, -0.1) is 0 Å². The third-order valence-corrected chi connectivity index (χ3v) is 2.75. The Morgan fingerprint density at radius 3 is 2.73 bits per heavy atom. The molecule has 2 aliphatic heterocycles. The van der Waals surface area contributed by atoms with Crippen LogP contribution < -0.4 is 0 Å². The number of ether oxygens (including phenoxy) is 1. The van der Waals surface area contributed by atoms with E-state index in [4.69, 9.17) is 4.74 Å². The number of nitrogens with zero attached hydrogens (tertiary/aromatic N) is 1. The summed E-state index contributed by atoms with van der Waals surface area (Å²) in [5.74, 6) is 0.277. The summed E-state index contributed by atoms with van der Waals surface area (Å²) in [5, 5.41) is 0. The van der Waals surface area contributed by atoms with Gasteiger partial charge in [0.05, 0.1) is 13.2 Å². The average molecular weight is 155 g/mol. The molecule has 2 fully saturated rings. The molecule has 1 amide bonds. The molecule has 0 N–H and O–H groups in total. The number of hydrogen-bond donors (Lipinski definition) is 0. The normalized spacial score (nSPS) is 28.8. The molecule has 1 spiro atoms. The lowest BCUT2D eigenvalue weighted by Crippen LogP contribution is -2.52. The van der Waals surface area contributed by atoms with Crippen molar-refractivity contribution in [2.24, 2.45) is 5.41 Å². The fourth-order valence-electron chi connectivity index (χ4n) is 1.71. The monoisotopic (exact) mass is 155 g/mol. The van der Waals surface area contributed by atoms with Crippen molar-refractivity contribution in [3.8, 4) is 0 Å². The highest BCUT2D eigenvalue weighted by atomic mass is 16.5. The van der Waals surface area contributed by atoms with Crippen LogP contribution in [0.5, 0.6) is 0 Å². The predicted molar refractivity (Wildman–Crippen MR) is 40.1 cm³/mol. The van der Waals surface area contributed by atoms with Crippen LogP contribution in [0.1, 0.15) is 12.8 Å². The summed E-state index contributed by atoms with van der Waals surface area (Å²) >= 11 is 0. The Kier molecular flexibility index (Phi) is 1.42. The summed E-state index contributed by atoms with van der Waals surface area (Å²) < 4.78 is 5.13. The van der Waals surface area contributed by atoms with E-state index in [9.17, 15) is 4.79 Å². The number of rotatable bonds is 0. The maximum absolute atomic E-state index is 11.3. The first-order valence-electron chi connectivity index (χ1n) is 4.04. The number of amides is 1. The Labute approximate surface area is 66.3 Å². The molecule has 3 heteroatoms. The molecular weight excluding hydrogens is 142 g/mol. The second-order valence-electron chi connectivity index (χ2n) is 3.73. The van der Waals surface area contributed by atoms with Crippen LogP contribution in [0.3, 0.4) is 0 Å². The van der Waals surface area contributed by atoms with Crippen LogP contribution in [-0.4, -0.2) is 37.6 Å². The number of carbonyl (C=O) groups excluding carboxylic acids is 1. The SMILES string of the molecule is CN1CCC2(COC2)CC1=O. The molecule has 2 saturated heterocycles. The van der Waals surface area contributed by atoms with Gasteiger partial charge in [0.25, 0.3) is 0 Å². The van der Waals surface area contributed by atoms with Gasteiger partial charge in [-0.1, -0.05) is 0 Å². The molecule has 0 aliphatic carbocycles. The van der Waals surface area contributed by atoms with Gasteiger partial charge in [-0.3, -0.25) is 4.79 Å². The molecule has 0 saturated carbocycles. The summed E-state index contributed by atoms with van der Waals surface area (Å²) in [4.78, 5) is 13.1. The Morgan fingerprint density at radius 2 is 2.27 bits per heavy atom. The zero-order valence-electron chi connectivity index (χ0n) is 6.80. The molecule has 2 aliphatic rings. The maximum Gasteiger partial charge on any atom is 0.223 e. The Balaban J connectivity index is 2.03. The molecule has 62 valence electrons. The van der Waals surface area contributed by atoms with Gasteiger partial charge in [-0.05, 0) is 6.42 Å². The van der Waals surface area contributed by atoms with Crippen molar-refractivity contribution in [1.82, 2.24) is 4.90 Å². The fraction of sp³-hybridized carbons (Fsp3) is 0.875. The number of carbonyl (C=O) groups is 1. The third-order valence-electron chi connectivity index (χ3n) is 2.75. The highest BCUT2D eigenvalue weighted by Gasteiger charge is 2.43. The largest absolute Gasteiger partial charge is 0.380 e. The molecule has 0 aromatic carbocycles. The minimum atomic E-state index is 0.240. The molecule has 0 unspecified atom stereocenters. The quantitative estimate of drug-likeness (QED) is 0.502. The second-order valence-corrected chi connectivity index (χ2v) is 3.73. The standard InChI is InChI=1S/C8H13NO2/c1-9-3-2-8(4-7(9)10)5-11-6-8/h2-6H2,1H3. The lowest BCUT2D eigenvalue weighted by atomic mass is 9.76. The van der Waals surface area contributed by atoms with E-state index in [1.807, 2.05) is 11.9 Å². The summed E-state index contributed by atoms with van der Waals surface area (Å²) in [6.07, 6.45) is 1.82. The predicted octanol–water partition coefficient (Wildman–Crippen LogP) is 0.255. The van der Waals surface area contributed by atoms with Crippen LogP contribution in [-0.2, 0) is 9.53 Å².